The van der Waals surface area contributed by atoms with Crippen LogP contribution in [0.3, 0.4) is 0 Å². The van der Waals surface area contributed by atoms with E-state index >= 15 is 0 Å². The molecular formula is C17H24FN. The van der Waals surface area contributed by atoms with Crippen molar-refractivity contribution in [3.05, 3.63) is 35.1 Å². The monoisotopic (exact) mass is 261 g/mol. The van der Waals surface area contributed by atoms with Gasteiger partial charge in [0.05, 0.1) is 0 Å². The third kappa shape index (κ3) is 2.43. The number of benzene rings is 1. The first-order valence-electron chi connectivity index (χ1n) is 7.68. The maximum absolute atomic E-state index is 14.2. The molecule has 104 valence electrons. The van der Waals surface area contributed by atoms with E-state index in [1.54, 1.807) is 6.07 Å². The molecule has 19 heavy (non-hydrogen) atoms. The van der Waals surface area contributed by atoms with Crippen molar-refractivity contribution in [3.63, 3.8) is 0 Å². The summed E-state index contributed by atoms with van der Waals surface area (Å²) >= 11 is 0. The molecule has 2 aliphatic carbocycles. The summed E-state index contributed by atoms with van der Waals surface area (Å²) in [6.07, 6.45) is 5.41. The topological polar surface area (TPSA) is 12.0 Å². The van der Waals surface area contributed by atoms with E-state index in [0.29, 0.717) is 5.92 Å². The van der Waals surface area contributed by atoms with Crippen LogP contribution in [-0.4, -0.2) is 6.54 Å². The Hall–Kier alpha value is -0.890. The second kappa shape index (κ2) is 5.24. The second-order valence-electron chi connectivity index (χ2n) is 6.40. The fourth-order valence-electron chi connectivity index (χ4n) is 4.32. The van der Waals surface area contributed by atoms with Crippen molar-refractivity contribution < 1.29 is 4.39 Å². The Kier molecular flexibility index (Phi) is 3.62. The lowest BCUT2D eigenvalue weighted by molar-refractivity contribution is 0.249. The molecule has 1 aromatic carbocycles. The summed E-state index contributed by atoms with van der Waals surface area (Å²) in [6, 6.07) is 5.74. The van der Waals surface area contributed by atoms with Crippen LogP contribution >= 0.6 is 0 Å². The van der Waals surface area contributed by atoms with Gasteiger partial charge < -0.3 is 5.32 Å². The molecule has 2 fully saturated rings. The molecule has 1 aromatic rings. The predicted octanol–water partition coefficient (Wildman–Crippen LogP) is 4.22. The van der Waals surface area contributed by atoms with Gasteiger partial charge in [0.2, 0.25) is 0 Å². The van der Waals surface area contributed by atoms with Crippen LogP contribution in [0, 0.1) is 30.5 Å². The number of nitrogens with one attached hydrogen (secondary N) is 1. The fraction of sp³-hybridized carbons (Fsp3) is 0.647. The molecule has 2 aliphatic rings. The average Bonchev–Trinajstić information content (AvgIpc) is 3.01. The minimum atomic E-state index is -0.0423. The Morgan fingerprint density at radius 3 is 2.79 bits per heavy atom. The van der Waals surface area contributed by atoms with Gasteiger partial charge in [0, 0.05) is 11.6 Å². The predicted molar refractivity (Wildman–Crippen MR) is 76.5 cm³/mol. The first-order valence-corrected chi connectivity index (χ1v) is 7.68. The standard InChI is InChI=1S/C17H24FN/c1-3-19-17(14-10-12-5-6-13(14)9-12)15-8-11(2)4-7-16(15)18/h4,7-8,12-14,17,19H,3,5-6,9-10H2,1-2H3. The maximum Gasteiger partial charge on any atom is 0.128 e. The van der Waals surface area contributed by atoms with Gasteiger partial charge in [-0.25, -0.2) is 4.39 Å². The maximum atomic E-state index is 14.2. The summed E-state index contributed by atoms with van der Waals surface area (Å²) in [5.41, 5.74) is 2.04. The van der Waals surface area contributed by atoms with Gasteiger partial charge in [-0.15, -0.1) is 0 Å². The minimum absolute atomic E-state index is 0.0423. The molecule has 4 atom stereocenters. The first kappa shape index (κ1) is 13.1. The lowest BCUT2D eigenvalue weighted by atomic mass is 9.80. The number of hydrogen-bond acceptors (Lipinski definition) is 1. The molecular weight excluding hydrogens is 237 g/mol. The van der Waals surface area contributed by atoms with Crippen LogP contribution in [0.15, 0.2) is 18.2 Å². The Bertz CT molecular complexity index is 457. The molecule has 0 aromatic heterocycles. The molecule has 1 N–H and O–H groups in total. The molecule has 0 aliphatic heterocycles. The molecule has 2 heteroatoms. The van der Waals surface area contributed by atoms with Gasteiger partial charge in [0.1, 0.15) is 5.82 Å². The van der Waals surface area contributed by atoms with E-state index in [1.807, 2.05) is 19.1 Å². The van der Waals surface area contributed by atoms with Crippen molar-refractivity contribution in [1.29, 1.82) is 0 Å². The normalized spacial score (nSPS) is 30.8. The molecule has 2 bridgehead atoms. The SMILES string of the molecule is CCNC(c1cc(C)ccc1F)C1CC2CCC1C2. The van der Waals surface area contributed by atoms with Crippen molar-refractivity contribution >= 4 is 0 Å². The molecule has 0 saturated heterocycles. The number of halogens is 1. The summed E-state index contributed by atoms with van der Waals surface area (Å²) in [4.78, 5) is 0. The summed E-state index contributed by atoms with van der Waals surface area (Å²) in [7, 11) is 0. The zero-order valence-electron chi connectivity index (χ0n) is 12.0. The first-order chi connectivity index (χ1) is 9.19. The smallest absolute Gasteiger partial charge is 0.128 e. The lowest BCUT2D eigenvalue weighted by Gasteiger charge is -2.32. The highest BCUT2D eigenvalue weighted by Crippen LogP contribution is 2.52. The summed E-state index contributed by atoms with van der Waals surface area (Å²) < 4.78 is 14.2. The van der Waals surface area contributed by atoms with Gasteiger partial charge in [-0.1, -0.05) is 31.0 Å². The molecule has 0 radical (unpaired) electrons. The van der Waals surface area contributed by atoms with E-state index < -0.39 is 0 Å². The molecule has 3 rings (SSSR count). The van der Waals surface area contributed by atoms with Gasteiger partial charge in [-0.3, -0.25) is 0 Å². The van der Waals surface area contributed by atoms with Gasteiger partial charge in [0.15, 0.2) is 0 Å². The summed E-state index contributed by atoms with van der Waals surface area (Å²) in [5.74, 6) is 2.31. The van der Waals surface area contributed by atoms with Gasteiger partial charge >= 0.3 is 0 Å². The highest BCUT2D eigenvalue weighted by Gasteiger charge is 2.43. The molecule has 0 amide bonds. The van der Waals surface area contributed by atoms with E-state index in [9.17, 15) is 4.39 Å². The third-order valence-corrected chi connectivity index (χ3v) is 5.13. The zero-order valence-corrected chi connectivity index (χ0v) is 12.0. The van der Waals surface area contributed by atoms with E-state index in [4.69, 9.17) is 0 Å². The molecule has 2 saturated carbocycles. The van der Waals surface area contributed by atoms with Crippen molar-refractivity contribution in [3.8, 4) is 0 Å². The third-order valence-electron chi connectivity index (χ3n) is 5.13. The molecule has 4 unspecified atom stereocenters. The van der Waals surface area contributed by atoms with E-state index in [0.717, 1.165) is 29.5 Å². The molecule has 1 nitrogen and oxygen atoms in total. The minimum Gasteiger partial charge on any atom is -0.310 e. The van der Waals surface area contributed by atoms with Crippen molar-refractivity contribution in [2.75, 3.05) is 6.54 Å². The van der Waals surface area contributed by atoms with Crippen molar-refractivity contribution in [2.45, 2.75) is 45.6 Å². The lowest BCUT2D eigenvalue weighted by Crippen LogP contribution is -2.32. The van der Waals surface area contributed by atoms with Crippen molar-refractivity contribution in [1.82, 2.24) is 5.32 Å². The Morgan fingerprint density at radius 2 is 2.16 bits per heavy atom. The molecule has 0 heterocycles. The van der Waals surface area contributed by atoms with Crippen LogP contribution < -0.4 is 5.32 Å². The van der Waals surface area contributed by atoms with Crippen LogP contribution in [0.5, 0.6) is 0 Å². The van der Waals surface area contributed by atoms with E-state index in [-0.39, 0.29) is 11.9 Å². The quantitative estimate of drug-likeness (QED) is 0.855. The molecule has 0 spiro atoms. The van der Waals surface area contributed by atoms with Crippen LogP contribution in [0.25, 0.3) is 0 Å². The largest absolute Gasteiger partial charge is 0.310 e. The highest BCUT2D eigenvalue weighted by molar-refractivity contribution is 5.28. The van der Waals surface area contributed by atoms with Crippen LogP contribution in [0.4, 0.5) is 4.39 Å². The van der Waals surface area contributed by atoms with Gasteiger partial charge in [-0.2, -0.15) is 0 Å². The van der Waals surface area contributed by atoms with Crippen LogP contribution in [-0.2, 0) is 0 Å². The number of rotatable bonds is 4. The Morgan fingerprint density at radius 1 is 1.32 bits per heavy atom. The fourth-order valence-corrected chi connectivity index (χ4v) is 4.32. The van der Waals surface area contributed by atoms with Gasteiger partial charge in [-0.05, 0) is 56.6 Å². The van der Waals surface area contributed by atoms with E-state index in [1.165, 1.54) is 25.7 Å². The number of aryl methyl sites for hydroxylation is 1. The second-order valence-corrected chi connectivity index (χ2v) is 6.40. The van der Waals surface area contributed by atoms with Crippen molar-refractivity contribution in [2.24, 2.45) is 17.8 Å². The van der Waals surface area contributed by atoms with Crippen LogP contribution in [0.1, 0.15) is 49.8 Å². The van der Waals surface area contributed by atoms with Gasteiger partial charge in [0.25, 0.3) is 0 Å². The number of fused-ring (bicyclic) bond motifs is 2. The highest BCUT2D eigenvalue weighted by atomic mass is 19.1. The Balaban J connectivity index is 1.90. The number of hydrogen-bond donors (Lipinski definition) is 1. The van der Waals surface area contributed by atoms with Crippen LogP contribution in [0.2, 0.25) is 0 Å². The average molecular weight is 261 g/mol. The summed E-state index contributed by atoms with van der Waals surface area (Å²) in [6.45, 7) is 5.08. The Labute approximate surface area is 115 Å². The summed E-state index contributed by atoms with van der Waals surface area (Å²) in [5, 5.41) is 3.55. The zero-order chi connectivity index (χ0) is 13.4. The van der Waals surface area contributed by atoms with E-state index in [2.05, 4.69) is 12.2 Å².